The van der Waals surface area contributed by atoms with Gasteiger partial charge in [0.25, 0.3) is 0 Å². The van der Waals surface area contributed by atoms with Gasteiger partial charge in [-0.2, -0.15) is 0 Å². The molecule has 0 aromatic heterocycles. The van der Waals surface area contributed by atoms with E-state index in [0.29, 0.717) is 0 Å². The lowest BCUT2D eigenvalue weighted by atomic mass is 10.9. The minimum absolute atomic E-state index is 0.235. The number of hydrogen-bond donors (Lipinski definition) is 0. The number of hydrogen-bond acceptors (Lipinski definition) is 2. The standard InChI is InChI=1S/C5H11NO2Si/c1-9(2,3)8-5-4-6-7/h5H2,1-3H3. The van der Waals surface area contributed by atoms with Crippen molar-refractivity contribution >= 4 is 8.32 Å². The maximum absolute atomic E-state index is 9.47. The molecule has 0 rings (SSSR count). The van der Waals surface area contributed by atoms with Gasteiger partial charge in [-0.3, -0.25) is 0 Å². The SMILES string of the molecule is C[Si](C)(C)OCC#[N+][O-]. The second-order valence-corrected chi connectivity index (χ2v) is 7.16. The maximum Gasteiger partial charge on any atom is 0.325 e. The molecule has 0 heterocycles. The van der Waals surface area contributed by atoms with Gasteiger partial charge in [0.15, 0.2) is 14.9 Å². The van der Waals surface area contributed by atoms with E-state index >= 15 is 0 Å². The van der Waals surface area contributed by atoms with E-state index in [4.69, 9.17) is 4.43 Å². The molecule has 0 spiro atoms. The van der Waals surface area contributed by atoms with Gasteiger partial charge in [-0.05, 0) is 19.6 Å². The summed E-state index contributed by atoms with van der Waals surface area (Å²) in [5, 5.41) is 11.9. The molecule has 0 aromatic rings. The van der Waals surface area contributed by atoms with Gasteiger partial charge in [0.2, 0.25) is 0 Å². The quantitative estimate of drug-likeness (QED) is 0.438. The molecule has 0 saturated heterocycles. The molecule has 0 aliphatic rings. The van der Waals surface area contributed by atoms with Crippen LogP contribution in [-0.2, 0) is 4.43 Å². The Hall–Kier alpha value is -0.533. The Morgan fingerprint density at radius 1 is 1.56 bits per heavy atom. The predicted molar refractivity (Wildman–Crippen MR) is 39.9 cm³/mol. The van der Waals surface area contributed by atoms with Gasteiger partial charge in [0, 0.05) is 5.01 Å². The molecule has 0 radical (unpaired) electrons. The summed E-state index contributed by atoms with van der Waals surface area (Å²) in [7, 11) is -1.46. The van der Waals surface area contributed by atoms with E-state index in [1.54, 1.807) is 0 Å². The molecule has 0 amide bonds. The lowest BCUT2D eigenvalue weighted by Crippen LogP contribution is -2.25. The van der Waals surface area contributed by atoms with Crippen LogP contribution < -0.4 is 0 Å². The van der Waals surface area contributed by atoms with Crippen LogP contribution in [0.3, 0.4) is 0 Å². The van der Waals surface area contributed by atoms with Crippen LogP contribution in [0.25, 0.3) is 5.01 Å². The highest BCUT2D eigenvalue weighted by Crippen LogP contribution is 2.00. The van der Waals surface area contributed by atoms with Gasteiger partial charge in [0.05, 0.1) is 0 Å². The molecule has 0 aliphatic heterocycles. The number of rotatable bonds is 2. The molecule has 9 heavy (non-hydrogen) atoms. The van der Waals surface area contributed by atoms with Crippen molar-refractivity contribution in [2.75, 3.05) is 6.61 Å². The van der Waals surface area contributed by atoms with Gasteiger partial charge in [-0.15, -0.1) is 0 Å². The van der Waals surface area contributed by atoms with E-state index in [1.165, 1.54) is 0 Å². The fourth-order valence-corrected chi connectivity index (χ4v) is 0.773. The molecule has 0 bridgehead atoms. The Bertz CT molecular complexity index is 130. The summed E-state index contributed by atoms with van der Waals surface area (Å²) in [5.74, 6) is 0. The molecule has 0 unspecified atom stereocenters. The zero-order valence-corrected chi connectivity index (χ0v) is 6.97. The molecule has 0 N–H and O–H groups in total. The summed E-state index contributed by atoms with van der Waals surface area (Å²) in [5.41, 5.74) is 0. The Kier molecular flexibility index (Phi) is 3.28. The van der Waals surface area contributed by atoms with Crippen LogP contribution in [0.1, 0.15) is 0 Å². The van der Waals surface area contributed by atoms with E-state index in [9.17, 15) is 5.21 Å². The van der Waals surface area contributed by atoms with E-state index in [0.717, 1.165) is 0 Å². The zero-order valence-electron chi connectivity index (χ0n) is 5.97. The van der Waals surface area contributed by atoms with Crippen molar-refractivity contribution in [1.29, 1.82) is 0 Å². The summed E-state index contributed by atoms with van der Waals surface area (Å²) in [6, 6.07) is 2.19. The highest BCUT2D eigenvalue weighted by Gasteiger charge is 2.13. The summed E-state index contributed by atoms with van der Waals surface area (Å²) >= 11 is 0. The highest BCUT2D eigenvalue weighted by atomic mass is 28.4. The van der Waals surface area contributed by atoms with Gasteiger partial charge >= 0.3 is 6.07 Å². The molecule has 52 valence electrons. The minimum atomic E-state index is -1.46. The molecule has 0 aromatic carbocycles. The van der Waals surface area contributed by atoms with Gasteiger partial charge < -0.3 is 9.63 Å². The zero-order chi connectivity index (χ0) is 7.33. The first-order chi connectivity index (χ1) is 4.06. The summed E-state index contributed by atoms with van der Waals surface area (Å²) in [4.78, 5) is 0. The van der Waals surface area contributed by atoms with Crippen LogP contribution in [0.15, 0.2) is 0 Å². The Labute approximate surface area is 56.2 Å². The van der Waals surface area contributed by atoms with E-state index in [-0.39, 0.29) is 6.61 Å². The van der Waals surface area contributed by atoms with Gasteiger partial charge in [-0.1, -0.05) is 0 Å². The van der Waals surface area contributed by atoms with Crippen molar-refractivity contribution in [3.63, 3.8) is 0 Å². The smallest absolute Gasteiger partial charge is 0.325 e. The van der Waals surface area contributed by atoms with E-state index in [1.807, 2.05) is 19.6 Å². The molecule has 0 atom stereocenters. The first-order valence-corrected chi connectivity index (χ1v) is 6.16. The van der Waals surface area contributed by atoms with Crippen molar-refractivity contribution in [3.8, 4) is 6.07 Å². The normalized spacial score (nSPS) is 10.1. The Morgan fingerprint density at radius 2 is 2.11 bits per heavy atom. The number of nitrogens with zero attached hydrogens (tertiary/aromatic N) is 1. The Balaban J connectivity index is 3.36. The van der Waals surface area contributed by atoms with E-state index < -0.39 is 8.32 Å². The van der Waals surface area contributed by atoms with Crippen LogP contribution in [0, 0.1) is 11.3 Å². The summed E-state index contributed by atoms with van der Waals surface area (Å²) in [6.45, 7) is 6.36. The fourth-order valence-electron chi connectivity index (χ4n) is 0.275. The summed E-state index contributed by atoms with van der Waals surface area (Å²) < 4.78 is 5.20. The van der Waals surface area contributed by atoms with Crippen molar-refractivity contribution < 1.29 is 4.43 Å². The minimum Gasteiger partial charge on any atom is -0.498 e. The molecule has 3 nitrogen and oxygen atoms in total. The van der Waals surface area contributed by atoms with Crippen LogP contribution >= 0.6 is 0 Å². The maximum atomic E-state index is 9.47. The van der Waals surface area contributed by atoms with Crippen LogP contribution in [0.2, 0.25) is 19.6 Å². The lowest BCUT2D eigenvalue weighted by molar-refractivity contribution is 0.365. The van der Waals surface area contributed by atoms with Crippen LogP contribution in [0.4, 0.5) is 0 Å². The van der Waals surface area contributed by atoms with Crippen molar-refractivity contribution in [3.05, 3.63) is 10.2 Å². The second kappa shape index (κ2) is 3.48. The van der Waals surface area contributed by atoms with Gasteiger partial charge in [-0.25, -0.2) is 0 Å². The Morgan fingerprint density at radius 3 is 2.44 bits per heavy atom. The van der Waals surface area contributed by atoms with Gasteiger partial charge in [0.1, 0.15) is 0 Å². The summed E-state index contributed by atoms with van der Waals surface area (Å²) in [6.07, 6.45) is 0. The molecule has 0 fully saturated rings. The molecular formula is C5H11NO2Si. The molecule has 4 heteroatoms. The molecule has 0 aliphatic carbocycles. The third kappa shape index (κ3) is 7.47. The third-order valence-corrected chi connectivity index (χ3v) is 1.64. The van der Waals surface area contributed by atoms with Crippen molar-refractivity contribution in [2.24, 2.45) is 0 Å². The lowest BCUT2D eigenvalue weighted by Gasteiger charge is -2.12. The second-order valence-electron chi connectivity index (χ2n) is 2.65. The van der Waals surface area contributed by atoms with Crippen molar-refractivity contribution in [1.82, 2.24) is 0 Å². The largest absolute Gasteiger partial charge is 0.498 e. The predicted octanol–water partition coefficient (Wildman–Crippen LogP) is 1.67. The topological polar surface area (TPSA) is 36.6 Å². The van der Waals surface area contributed by atoms with E-state index in [2.05, 4.69) is 11.1 Å². The fraction of sp³-hybridized carbons (Fsp3) is 0.800. The molecule has 0 saturated carbocycles. The first-order valence-electron chi connectivity index (χ1n) is 2.75. The van der Waals surface area contributed by atoms with Crippen LogP contribution in [-0.4, -0.2) is 14.9 Å². The first kappa shape index (κ1) is 8.47. The average Bonchev–Trinajstić information content (AvgIpc) is 1.63. The van der Waals surface area contributed by atoms with Crippen molar-refractivity contribution in [2.45, 2.75) is 19.6 Å². The third-order valence-electron chi connectivity index (χ3n) is 0.634. The monoisotopic (exact) mass is 145 g/mol. The molecular weight excluding hydrogens is 134 g/mol. The highest BCUT2D eigenvalue weighted by molar-refractivity contribution is 6.69. The van der Waals surface area contributed by atoms with Crippen LogP contribution in [0.5, 0.6) is 0 Å². The average molecular weight is 145 g/mol.